The first-order valence-corrected chi connectivity index (χ1v) is 6.58. The molecule has 1 N–H and O–H groups in total. The van der Waals surface area contributed by atoms with Crippen LogP contribution in [0.2, 0.25) is 0 Å². The van der Waals surface area contributed by atoms with Crippen LogP contribution in [0, 0.1) is 5.41 Å². The van der Waals surface area contributed by atoms with Gasteiger partial charge in [0.25, 0.3) is 0 Å². The van der Waals surface area contributed by atoms with Crippen LogP contribution >= 0.6 is 0 Å². The number of carboxylic acids is 1. The molecule has 5 heteroatoms. The molecule has 0 aromatic rings. The minimum absolute atomic E-state index is 0.554. The van der Waals surface area contributed by atoms with Crippen molar-refractivity contribution in [3.8, 4) is 0 Å². The Balaban J connectivity index is 2.57. The minimum atomic E-state index is -0.653. The van der Waals surface area contributed by atoms with Crippen LogP contribution in [0.3, 0.4) is 0 Å². The molecule has 1 rings (SSSR count). The second kappa shape index (κ2) is 7.71. The summed E-state index contributed by atoms with van der Waals surface area (Å²) >= 11 is 0. The van der Waals surface area contributed by atoms with Crippen molar-refractivity contribution in [1.29, 1.82) is 0 Å². The van der Waals surface area contributed by atoms with Crippen molar-refractivity contribution in [2.75, 3.05) is 47.1 Å². The quantitative estimate of drug-likeness (QED) is 0.675. The van der Waals surface area contributed by atoms with Gasteiger partial charge in [0.1, 0.15) is 0 Å². The molecule has 0 amide bonds. The molecule has 0 spiro atoms. The maximum atomic E-state index is 11.5. The Hall–Kier alpha value is -0.650. The van der Waals surface area contributed by atoms with Crippen LogP contribution in [0.15, 0.2) is 0 Å². The number of methoxy groups -OCH3 is 2. The number of carbonyl (C=O) groups is 1. The Morgan fingerprint density at radius 3 is 2.06 bits per heavy atom. The summed E-state index contributed by atoms with van der Waals surface area (Å²) in [6.45, 7) is 3.37. The number of ether oxygens (including phenoxy) is 2. The van der Waals surface area contributed by atoms with Crippen molar-refractivity contribution < 1.29 is 19.4 Å². The summed E-state index contributed by atoms with van der Waals surface area (Å²) in [5.74, 6) is -0.653. The SMILES string of the molecule is COCCN(CCOC)CC1(C(=O)O)CCCC1. The Morgan fingerprint density at radius 1 is 1.17 bits per heavy atom. The smallest absolute Gasteiger partial charge is 0.310 e. The fraction of sp³-hybridized carbons (Fsp3) is 0.923. The number of rotatable bonds is 9. The zero-order chi connectivity index (χ0) is 13.4. The van der Waals surface area contributed by atoms with Crippen molar-refractivity contribution in [3.05, 3.63) is 0 Å². The Kier molecular flexibility index (Phi) is 6.60. The lowest BCUT2D eigenvalue weighted by Crippen LogP contribution is -2.43. The number of aliphatic carboxylic acids is 1. The number of nitrogens with zero attached hydrogens (tertiary/aromatic N) is 1. The van der Waals surface area contributed by atoms with Crippen LogP contribution in [-0.4, -0.2) is 63.0 Å². The van der Waals surface area contributed by atoms with E-state index in [1.54, 1.807) is 14.2 Å². The van der Waals surface area contributed by atoms with Gasteiger partial charge in [-0.05, 0) is 12.8 Å². The predicted molar refractivity (Wildman–Crippen MR) is 68.7 cm³/mol. The summed E-state index contributed by atoms with van der Waals surface area (Å²) < 4.78 is 10.2. The molecule has 0 saturated heterocycles. The highest BCUT2D eigenvalue weighted by Crippen LogP contribution is 2.39. The van der Waals surface area contributed by atoms with E-state index in [0.717, 1.165) is 38.8 Å². The lowest BCUT2D eigenvalue weighted by atomic mass is 9.85. The van der Waals surface area contributed by atoms with E-state index in [9.17, 15) is 9.90 Å². The molecule has 0 bridgehead atoms. The first kappa shape index (κ1) is 15.4. The Morgan fingerprint density at radius 2 is 1.67 bits per heavy atom. The Bertz CT molecular complexity index is 243. The first-order chi connectivity index (χ1) is 8.64. The van der Waals surface area contributed by atoms with E-state index in [1.165, 1.54) is 0 Å². The molecule has 1 aliphatic carbocycles. The molecule has 106 valence electrons. The fourth-order valence-corrected chi connectivity index (χ4v) is 2.63. The largest absolute Gasteiger partial charge is 0.481 e. The molecule has 1 aliphatic rings. The monoisotopic (exact) mass is 259 g/mol. The molecule has 0 aromatic carbocycles. The molecule has 5 nitrogen and oxygen atoms in total. The van der Waals surface area contributed by atoms with E-state index in [-0.39, 0.29) is 0 Å². The average Bonchev–Trinajstić information content (AvgIpc) is 2.82. The van der Waals surface area contributed by atoms with Crippen molar-refractivity contribution >= 4 is 5.97 Å². The second-order valence-corrected chi connectivity index (χ2v) is 5.05. The van der Waals surface area contributed by atoms with E-state index in [1.807, 2.05) is 0 Å². The van der Waals surface area contributed by atoms with Gasteiger partial charge in [0.2, 0.25) is 0 Å². The highest BCUT2D eigenvalue weighted by Gasteiger charge is 2.42. The standard InChI is InChI=1S/C13H25NO4/c1-17-9-7-14(8-10-18-2)11-13(12(15)16)5-3-4-6-13/h3-11H2,1-2H3,(H,15,16). The highest BCUT2D eigenvalue weighted by atomic mass is 16.5. The first-order valence-electron chi connectivity index (χ1n) is 6.58. The number of carboxylic acid groups (broad SMARTS) is 1. The molecule has 0 heterocycles. The third kappa shape index (κ3) is 4.23. The lowest BCUT2D eigenvalue weighted by molar-refractivity contribution is -0.150. The molecule has 0 atom stereocenters. The van der Waals surface area contributed by atoms with Crippen molar-refractivity contribution in [2.45, 2.75) is 25.7 Å². The van der Waals surface area contributed by atoms with Crippen molar-refractivity contribution in [2.24, 2.45) is 5.41 Å². The van der Waals surface area contributed by atoms with E-state index in [2.05, 4.69) is 4.90 Å². The number of hydrogen-bond donors (Lipinski definition) is 1. The average molecular weight is 259 g/mol. The molecular formula is C13H25NO4. The van der Waals surface area contributed by atoms with Crippen LogP contribution in [0.4, 0.5) is 0 Å². The molecule has 18 heavy (non-hydrogen) atoms. The van der Waals surface area contributed by atoms with Gasteiger partial charge in [-0.2, -0.15) is 0 Å². The van der Waals surface area contributed by atoms with Crippen LogP contribution in [0.5, 0.6) is 0 Å². The minimum Gasteiger partial charge on any atom is -0.481 e. The Labute approximate surface area is 109 Å². The number of hydrogen-bond acceptors (Lipinski definition) is 4. The van der Waals surface area contributed by atoms with Gasteiger partial charge in [-0.3, -0.25) is 9.69 Å². The molecule has 1 fully saturated rings. The van der Waals surface area contributed by atoms with Gasteiger partial charge in [0.15, 0.2) is 0 Å². The molecule has 1 saturated carbocycles. The second-order valence-electron chi connectivity index (χ2n) is 5.05. The molecular weight excluding hydrogens is 234 g/mol. The maximum absolute atomic E-state index is 11.5. The highest BCUT2D eigenvalue weighted by molar-refractivity contribution is 5.75. The van der Waals surface area contributed by atoms with Crippen LogP contribution < -0.4 is 0 Å². The molecule has 0 aromatic heterocycles. The van der Waals surface area contributed by atoms with Gasteiger partial charge >= 0.3 is 5.97 Å². The summed E-state index contributed by atoms with van der Waals surface area (Å²) in [5.41, 5.74) is -0.554. The van der Waals surface area contributed by atoms with E-state index in [4.69, 9.17) is 9.47 Å². The third-order valence-electron chi connectivity index (χ3n) is 3.76. The summed E-state index contributed by atoms with van der Waals surface area (Å²) in [7, 11) is 3.33. The van der Waals surface area contributed by atoms with Gasteiger partial charge in [-0.1, -0.05) is 12.8 Å². The van der Waals surface area contributed by atoms with E-state index < -0.39 is 11.4 Å². The van der Waals surface area contributed by atoms with E-state index >= 15 is 0 Å². The third-order valence-corrected chi connectivity index (χ3v) is 3.76. The van der Waals surface area contributed by atoms with Crippen LogP contribution in [-0.2, 0) is 14.3 Å². The maximum Gasteiger partial charge on any atom is 0.310 e. The van der Waals surface area contributed by atoms with Gasteiger partial charge in [0, 0.05) is 33.9 Å². The zero-order valence-corrected chi connectivity index (χ0v) is 11.5. The van der Waals surface area contributed by atoms with Gasteiger partial charge in [-0.25, -0.2) is 0 Å². The van der Waals surface area contributed by atoms with Crippen LogP contribution in [0.1, 0.15) is 25.7 Å². The van der Waals surface area contributed by atoms with Gasteiger partial charge in [-0.15, -0.1) is 0 Å². The summed E-state index contributed by atoms with van der Waals surface area (Å²) in [4.78, 5) is 13.7. The molecule has 0 radical (unpaired) electrons. The molecule has 0 aliphatic heterocycles. The van der Waals surface area contributed by atoms with Crippen molar-refractivity contribution in [3.63, 3.8) is 0 Å². The zero-order valence-electron chi connectivity index (χ0n) is 11.5. The summed E-state index contributed by atoms with van der Waals surface area (Å²) in [6, 6.07) is 0. The topological polar surface area (TPSA) is 59.0 Å². The van der Waals surface area contributed by atoms with Gasteiger partial charge < -0.3 is 14.6 Å². The fourth-order valence-electron chi connectivity index (χ4n) is 2.63. The predicted octanol–water partition coefficient (Wildman–Crippen LogP) is 1.23. The summed E-state index contributed by atoms with van der Waals surface area (Å²) in [5, 5.41) is 9.47. The normalized spacial score (nSPS) is 18.4. The summed E-state index contributed by atoms with van der Waals surface area (Å²) in [6.07, 6.45) is 3.63. The van der Waals surface area contributed by atoms with Crippen molar-refractivity contribution in [1.82, 2.24) is 4.90 Å². The lowest BCUT2D eigenvalue weighted by Gasteiger charge is -2.31. The van der Waals surface area contributed by atoms with Crippen LogP contribution in [0.25, 0.3) is 0 Å². The van der Waals surface area contributed by atoms with E-state index in [0.29, 0.717) is 19.8 Å². The molecule has 0 unspecified atom stereocenters. The van der Waals surface area contributed by atoms with Gasteiger partial charge in [0.05, 0.1) is 18.6 Å².